The van der Waals surface area contributed by atoms with Crippen molar-refractivity contribution in [2.24, 2.45) is 0 Å². The van der Waals surface area contributed by atoms with Crippen LogP contribution in [0.25, 0.3) is 11.0 Å². The third-order valence-electron chi connectivity index (χ3n) is 4.43. The smallest absolute Gasteiger partial charge is 0.198 e. The highest BCUT2D eigenvalue weighted by Crippen LogP contribution is 2.30. The van der Waals surface area contributed by atoms with Gasteiger partial charge in [0, 0.05) is 32.0 Å². The van der Waals surface area contributed by atoms with Crippen molar-refractivity contribution in [3.8, 4) is 0 Å². The second kappa shape index (κ2) is 9.27. The molecule has 0 spiro atoms. The molecule has 0 radical (unpaired) electrons. The third kappa shape index (κ3) is 5.25. The van der Waals surface area contributed by atoms with Gasteiger partial charge >= 0.3 is 0 Å². The van der Waals surface area contributed by atoms with Gasteiger partial charge in [0.15, 0.2) is 11.5 Å². The second-order valence-corrected chi connectivity index (χ2v) is 6.88. The first-order chi connectivity index (χ1) is 12.4. The van der Waals surface area contributed by atoms with Crippen molar-refractivity contribution in [3.05, 3.63) is 47.3 Å². The van der Waals surface area contributed by atoms with E-state index < -0.39 is 0 Å². The van der Waals surface area contributed by atoms with Gasteiger partial charge in [-0.15, -0.1) is 0 Å². The molecule has 0 aliphatic carbocycles. The largest absolute Gasteiger partial charge is 0.453 e. The Hall–Kier alpha value is -2.49. The van der Waals surface area contributed by atoms with Crippen LogP contribution in [0, 0.1) is 0 Å². The summed E-state index contributed by atoms with van der Waals surface area (Å²) in [5, 5.41) is 7.21. The number of carbonyl (C=O) groups excluding carboxylic acids is 1. The average molecular weight is 354 g/mol. The highest BCUT2D eigenvalue weighted by molar-refractivity contribution is 5.99. The maximum Gasteiger partial charge on any atom is 0.198 e. The molecule has 1 heterocycles. The molecular formula is C22H30N2O2. The molecule has 0 aliphatic heterocycles. The van der Waals surface area contributed by atoms with Gasteiger partial charge in [-0.3, -0.25) is 4.79 Å². The van der Waals surface area contributed by atoms with Crippen LogP contribution in [0.15, 0.2) is 45.9 Å². The van der Waals surface area contributed by atoms with Gasteiger partial charge in [-0.2, -0.15) is 0 Å². The van der Waals surface area contributed by atoms with Gasteiger partial charge < -0.3 is 15.1 Å². The van der Waals surface area contributed by atoms with Crippen molar-refractivity contribution >= 4 is 28.1 Å². The van der Waals surface area contributed by atoms with Crippen LogP contribution in [0.4, 0.5) is 11.4 Å². The molecule has 140 valence electrons. The molecule has 0 aliphatic rings. The Bertz CT molecular complexity index is 783. The highest BCUT2D eigenvalue weighted by atomic mass is 16.3. The Morgan fingerprint density at radius 3 is 2.27 bits per heavy atom. The summed E-state index contributed by atoms with van der Waals surface area (Å²) >= 11 is 0. The van der Waals surface area contributed by atoms with Crippen molar-refractivity contribution in [1.82, 2.24) is 0 Å². The summed E-state index contributed by atoms with van der Waals surface area (Å²) in [5.41, 5.74) is 5.33. The van der Waals surface area contributed by atoms with Crippen molar-refractivity contribution in [2.75, 3.05) is 24.7 Å². The van der Waals surface area contributed by atoms with E-state index in [1.54, 1.807) is 0 Å². The number of hydrogen-bond donors (Lipinski definition) is 2. The molecule has 2 rings (SSSR count). The Balaban J connectivity index is 2.00. The normalized spacial score (nSPS) is 11.5. The lowest BCUT2D eigenvalue weighted by molar-refractivity contribution is 0.0959. The monoisotopic (exact) mass is 354 g/mol. The van der Waals surface area contributed by atoms with Crippen LogP contribution < -0.4 is 10.6 Å². The number of rotatable bonds is 9. The zero-order chi connectivity index (χ0) is 19.1. The molecule has 26 heavy (non-hydrogen) atoms. The Morgan fingerprint density at radius 1 is 0.962 bits per heavy atom. The topological polar surface area (TPSA) is 54.3 Å². The Labute approximate surface area is 156 Å². The van der Waals surface area contributed by atoms with Gasteiger partial charge in [0.2, 0.25) is 0 Å². The number of Topliss-reactive ketones (excluding diaryl/α,β-unsaturated/α-hetero) is 1. The fraction of sp³-hybridized carbons (Fsp3) is 0.409. The van der Waals surface area contributed by atoms with Crippen LogP contribution in [-0.2, 0) is 0 Å². The lowest BCUT2D eigenvalue weighted by atomic mass is 10.1. The first-order valence-corrected chi connectivity index (χ1v) is 9.20. The molecule has 0 atom stereocenters. The van der Waals surface area contributed by atoms with Crippen molar-refractivity contribution in [2.45, 2.75) is 46.5 Å². The molecule has 1 aromatic heterocycles. The molecular weight excluding hydrogens is 324 g/mol. The van der Waals surface area contributed by atoms with Gasteiger partial charge in [0.25, 0.3) is 0 Å². The molecule has 2 N–H and O–H groups in total. The summed E-state index contributed by atoms with van der Waals surface area (Å²) in [6.45, 7) is 6.36. The number of benzene rings is 1. The van der Waals surface area contributed by atoms with Gasteiger partial charge in [0.05, 0.1) is 11.4 Å². The first kappa shape index (κ1) is 19.8. The lowest BCUT2D eigenvalue weighted by Gasteiger charge is -2.07. The summed E-state index contributed by atoms with van der Waals surface area (Å²) in [5.74, 6) is 0.484. The summed E-state index contributed by atoms with van der Waals surface area (Å²) in [4.78, 5) is 12.4. The average Bonchev–Trinajstić information content (AvgIpc) is 3.02. The fourth-order valence-corrected chi connectivity index (χ4v) is 2.90. The number of fused-ring (bicyclic) bond motifs is 1. The maximum absolute atomic E-state index is 12.4. The molecule has 0 bridgehead atoms. The van der Waals surface area contributed by atoms with E-state index in [0.29, 0.717) is 12.2 Å². The molecule has 4 nitrogen and oxygen atoms in total. The van der Waals surface area contributed by atoms with E-state index in [1.165, 1.54) is 11.1 Å². The minimum absolute atomic E-state index is 0.0477. The van der Waals surface area contributed by atoms with Gasteiger partial charge in [-0.05, 0) is 52.2 Å². The zero-order valence-electron chi connectivity index (χ0n) is 16.5. The highest BCUT2D eigenvalue weighted by Gasteiger charge is 2.13. The van der Waals surface area contributed by atoms with E-state index in [2.05, 4.69) is 43.6 Å². The number of carbonyl (C=O) groups is 1. The standard InChI is InChI=1S/C22H30N2O2/c1-15(2)8-6-9-16(3)10-7-11-20(25)22-13-17-12-18(23-4)19(24-5)14-21(17)26-22/h8,10,12-14,23-24H,6-7,9,11H2,1-5H3/b16-10+. The molecule has 2 aromatic rings. The summed E-state index contributed by atoms with van der Waals surface area (Å²) in [6, 6.07) is 5.75. The maximum atomic E-state index is 12.4. The number of nitrogens with one attached hydrogen (secondary N) is 2. The predicted octanol–water partition coefficient (Wildman–Crippen LogP) is 6.17. The Kier molecular flexibility index (Phi) is 7.07. The molecule has 1 aromatic carbocycles. The van der Waals surface area contributed by atoms with E-state index in [9.17, 15) is 4.79 Å². The second-order valence-electron chi connectivity index (χ2n) is 6.88. The molecule has 0 saturated heterocycles. The van der Waals surface area contributed by atoms with Gasteiger partial charge in [-0.1, -0.05) is 23.3 Å². The van der Waals surface area contributed by atoms with Crippen LogP contribution >= 0.6 is 0 Å². The molecule has 0 amide bonds. The van der Waals surface area contributed by atoms with Crippen LogP contribution in [0.5, 0.6) is 0 Å². The third-order valence-corrected chi connectivity index (χ3v) is 4.43. The number of hydrogen-bond acceptors (Lipinski definition) is 4. The van der Waals surface area contributed by atoms with Crippen LogP contribution in [0.1, 0.15) is 57.0 Å². The molecule has 0 fully saturated rings. The van der Waals surface area contributed by atoms with Gasteiger partial charge in [-0.25, -0.2) is 0 Å². The van der Waals surface area contributed by atoms with Gasteiger partial charge in [0.1, 0.15) is 5.58 Å². The van der Waals surface area contributed by atoms with E-state index in [0.717, 1.165) is 41.6 Å². The summed E-state index contributed by atoms with van der Waals surface area (Å²) in [6.07, 6.45) is 7.73. The minimum atomic E-state index is 0.0477. The number of anilines is 2. The summed E-state index contributed by atoms with van der Waals surface area (Å²) < 4.78 is 5.77. The SMILES string of the molecule is CNc1cc2cc(C(=O)CC/C=C(\C)CCC=C(C)C)oc2cc1NC. The van der Waals surface area contributed by atoms with E-state index in [4.69, 9.17) is 4.42 Å². The van der Waals surface area contributed by atoms with E-state index in [1.807, 2.05) is 32.3 Å². The van der Waals surface area contributed by atoms with Crippen molar-refractivity contribution in [1.29, 1.82) is 0 Å². The zero-order valence-corrected chi connectivity index (χ0v) is 16.5. The van der Waals surface area contributed by atoms with Crippen LogP contribution in [0.3, 0.4) is 0 Å². The van der Waals surface area contributed by atoms with Crippen LogP contribution in [0.2, 0.25) is 0 Å². The first-order valence-electron chi connectivity index (χ1n) is 9.20. The quantitative estimate of drug-likeness (QED) is 0.417. The number of ketones is 1. The summed E-state index contributed by atoms with van der Waals surface area (Å²) in [7, 11) is 3.74. The molecule has 4 heteroatoms. The fourth-order valence-electron chi connectivity index (χ4n) is 2.90. The van der Waals surface area contributed by atoms with Crippen LogP contribution in [-0.4, -0.2) is 19.9 Å². The molecule has 0 unspecified atom stereocenters. The Morgan fingerprint density at radius 2 is 1.62 bits per heavy atom. The van der Waals surface area contributed by atoms with Crippen molar-refractivity contribution in [3.63, 3.8) is 0 Å². The van der Waals surface area contributed by atoms with E-state index in [-0.39, 0.29) is 5.78 Å². The lowest BCUT2D eigenvalue weighted by Crippen LogP contribution is -1.95. The number of furan rings is 1. The molecule has 0 saturated carbocycles. The minimum Gasteiger partial charge on any atom is -0.453 e. The predicted molar refractivity (Wildman–Crippen MR) is 111 cm³/mol. The van der Waals surface area contributed by atoms with Crippen molar-refractivity contribution < 1.29 is 9.21 Å². The van der Waals surface area contributed by atoms with E-state index >= 15 is 0 Å². The number of allylic oxidation sites excluding steroid dienone is 4.